The highest BCUT2D eigenvalue weighted by atomic mass is 16.5. The highest BCUT2D eigenvalue weighted by Crippen LogP contribution is 2.17. The molecule has 2 aliphatic heterocycles. The van der Waals surface area contributed by atoms with Gasteiger partial charge in [0.05, 0.1) is 6.61 Å². The zero-order valence-electron chi connectivity index (χ0n) is 6.81. The van der Waals surface area contributed by atoms with Crippen molar-refractivity contribution in [2.24, 2.45) is 0 Å². The van der Waals surface area contributed by atoms with Crippen LogP contribution in [0.4, 0.5) is 0 Å². The predicted molar refractivity (Wildman–Crippen MR) is 42.6 cm³/mol. The molecule has 1 radical (unpaired) electrons. The average molecular weight is 155 g/mol. The summed E-state index contributed by atoms with van der Waals surface area (Å²) in [5.41, 5.74) is 0. The topological polar surface area (TPSA) is 24.5 Å². The Morgan fingerprint density at radius 2 is 2.00 bits per heavy atom. The highest BCUT2D eigenvalue weighted by Gasteiger charge is 2.25. The third-order valence-corrected chi connectivity index (χ3v) is 2.26. The van der Waals surface area contributed by atoms with Crippen LogP contribution in [0.3, 0.4) is 0 Å². The second-order valence-electron chi connectivity index (χ2n) is 3.13. The summed E-state index contributed by atoms with van der Waals surface area (Å²) in [4.78, 5) is 2.32. The molecular weight excluding hydrogens is 140 g/mol. The van der Waals surface area contributed by atoms with Crippen LogP contribution in [0, 0.1) is 6.35 Å². The molecule has 1 N–H and O–H groups in total. The Morgan fingerprint density at radius 1 is 1.18 bits per heavy atom. The molecule has 0 aromatic heterocycles. The van der Waals surface area contributed by atoms with Crippen LogP contribution >= 0.6 is 0 Å². The summed E-state index contributed by atoms with van der Waals surface area (Å²) in [6.07, 6.45) is 5.03. The lowest BCUT2D eigenvalue weighted by atomic mass is 10.1. The third kappa shape index (κ3) is 1.72. The van der Waals surface area contributed by atoms with E-state index in [0.29, 0.717) is 0 Å². The van der Waals surface area contributed by atoms with Gasteiger partial charge in [0.1, 0.15) is 0 Å². The number of hydrogen-bond acceptors (Lipinski definition) is 3. The van der Waals surface area contributed by atoms with Crippen LogP contribution in [0.1, 0.15) is 19.3 Å². The molecule has 0 aromatic carbocycles. The number of hydrogen-bond donors (Lipinski definition) is 1. The molecule has 0 bridgehead atoms. The zero-order chi connectivity index (χ0) is 7.52. The van der Waals surface area contributed by atoms with E-state index in [2.05, 4.69) is 10.2 Å². The Labute approximate surface area is 67.7 Å². The van der Waals surface area contributed by atoms with Crippen LogP contribution < -0.4 is 5.32 Å². The maximum atomic E-state index is 5.42. The van der Waals surface area contributed by atoms with Gasteiger partial charge in [-0.2, -0.15) is 0 Å². The van der Waals surface area contributed by atoms with E-state index in [4.69, 9.17) is 4.74 Å². The van der Waals surface area contributed by atoms with Crippen LogP contribution in [0.5, 0.6) is 0 Å². The first-order chi connectivity index (χ1) is 5.47. The molecule has 2 fully saturated rings. The lowest BCUT2D eigenvalue weighted by molar-refractivity contribution is 0.0532. The summed E-state index contributed by atoms with van der Waals surface area (Å²) in [5.74, 6) is 0. The summed E-state index contributed by atoms with van der Waals surface area (Å²) in [6, 6.07) is 0. The van der Waals surface area contributed by atoms with Crippen molar-refractivity contribution in [3.63, 3.8) is 0 Å². The van der Waals surface area contributed by atoms with Crippen LogP contribution in [0.25, 0.3) is 0 Å². The molecule has 0 aliphatic carbocycles. The van der Waals surface area contributed by atoms with E-state index in [0.717, 1.165) is 19.5 Å². The van der Waals surface area contributed by atoms with Crippen LogP contribution in [-0.2, 0) is 4.74 Å². The molecule has 3 heteroatoms. The van der Waals surface area contributed by atoms with Crippen LogP contribution in [0.2, 0.25) is 0 Å². The smallest absolute Gasteiger partial charge is 0.237 e. The van der Waals surface area contributed by atoms with Crippen LogP contribution in [-0.4, -0.2) is 31.1 Å². The van der Waals surface area contributed by atoms with Gasteiger partial charge in [-0.3, -0.25) is 10.2 Å². The fourth-order valence-corrected chi connectivity index (χ4v) is 1.66. The maximum Gasteiger partial charge on any atom is 0.237 e. The fourth-order valence-electron chi connectivity index (χ4n) is 1.66. The maximum absolute atomic E-state index is 5.42. The molecule has 0 amide bonds. The standard InChI is InChI=1S/C8H15N2O/c1-2-5-10(6-3-1)8-9-4-7-11-8/h9H,1-7H2. The van der Waals surface area contributed by atoms with Crippen molar-refractivity contribution in [3.05, 3.63) is 6.35 Å². The third-order valence-electron chi connectivity index (χ3n) is 2.26. The molecule has 0 unspecified atom stereocenters. The largest absolute Gasteiger partial charge is 0.341 e. The van der Waals surface area contributed by atoms with Crippen molar-refractivity contribution >= 4 is 0 Å². The molecule has 0 aromatic rings. The lowest BCUT2D eigenvalue weighted by Crippen LogP contribution is -2.39. The fraction of sp³-hybridized carbons (Fsp3) is 0.875. The minimum Gasteiger partial charge on any atom is -0.341 e. The molecule has 11 heavy (non-hydrogen) atoms. The molecule has 0 atom stereocenters. The first-order valence-corrected chi connectivity index (χ1v) is 4.45. The minimum absolute atomic E-state index is 0.839. The highest BCUT2D eigenvalue weighted by molar-refractivity contribution is 4.83. The van der Waals surface area contributed by atoms with Gasteiger partial charge in [-0.15, -0.1) is 0 Å². The van der Waals surface area contributed by atoms with E-state index in [1.54, 1.807) is 0 Å². The van der Waals surface area contributed by atoms with E-state index in [9.17, 15) is 0 Å². The van der Waals surface area contributed by atoms with Crippen molar-refractivity contribution in [1.29, 1.82) is 0 Å². The Kier molecular flexibility index (Phi) is 2.41. The molecule has 63 valence electrons. The summed E-state index contributed by atoms with van der Waals surface area (Å²) in [5, 5.41) is 3.25. The SMILES string of the molecule is C1CCN([C]2NCCO2)CC1. The van der Waals surface area contributed by atoms with Gasteiger partial charge in [0.25, 0.3) is 0 Å². The number of nitrogens with one attached hydrogen (secondary N) is 1. The number of nitrogens with zero attached hydrogens (tertiary/aromatic N) is 1. The zero-order valence-corrected chi connectivity index (χ0v) is 6.81. The van der Waals surface area contributed by atoms with Gasteiger partial charge >= 0.3 is 0 Å². The molecular formula is C8H15N2O. The second-order valence-corrected chi connectivity index (χ2v) is 3.13. The quantitative estimate of drug-likeness (QED) is 0.598. The average Bonchev–Trinajstić information content (AvgIpc) is 2.58. The minimum atomic E-state index is 0.839. The van der Waals surface area contributed by atoms with Gasteiger partial charge in [0, 0.05) is 19.6 Å². The van der Waals surface area contributed by atoms with E-state index in [1.165, 1.54) is 32.4 Å². The number of rotatable bonds is 1. The van der Waals surface area contributed by atoms with Crippen molar-refractivity contribution in [1.82, 2.24) is 10.2 Å². The van der Waals surface area contributed by atoms with E-state index >= 15 is 0 Å². The molecule has 2 aliphatic rings. The first-order valence-electron chi connectivity index (χ1n) is 4.45. The van der Waals surface area contributed by atoms with Gasteiger partial charge in [-0.05, 0) is 12.8 Å². The Hall–Kier alpha value is -0.120. The van der Waals surface area contributed by atoms with E-state index in [1.807, 2.05) is 0 Å². The Morgan fingerprint density at radius 3 is 2.64 bits per heavy atom. The van der Waals surface area contributed by atoms with Gasteiger partial charge < -0.3 is 4.74 Å². The Bertz CT molecular complexity index is 117. The van der Waals surface area contributed by atoms with E-state index < -0.39 is 0 Å². The van der Waals surface area contributed by atoms with Crippen LogP contribution in [0.15, 0.2) is 0 Å². The predicted octanol–water partition coefficient (Wildman–Crippen LogP) is 0.539. The Balaban J connectivity index is 1.82. The van der Waals surface area contributed by atoms with Crippen molar-refractivity contribution in [2.45, 2.75) is 19.3 Å². The second kappa shape index (κ2) is 3.52. The van der Waals surface area contributed by atoms with Gasteiger partial charge in [-0.25, -0.2) is 0 Å². The molecule has 2 rings (SSSR count). The number of likely N-dealkylation sites (tertiary alicyclic amines) is 1. The molecule has 0 spiro atoms. The molecule has 0 saturated carbocycles. The monoisotopic (exact) mass is 155 g/mol. The summed E-state index contributed by atoms with van der Waals surface area (Å²) in [6.45, 7) is 4.16. The normalized spacial score (nSPS) is 29.5. The molecule has 2 heterocycles. The first kappa shape index (κ1) is 7.53. The number of piperidine rings is 1. The molecule has 3 nitrogen and oxygen atoms in total. The van der Waals surface area contributed by atoms with Gasteiger partial charge in [-0.1, -0.05) is 6.42 Å². The van der Waals surface area contributed by atoms with Crippen molar-refractivity contribution in [3.8, 4) is 0 Å². The summed E-state index contributed by atoms with van der Waals surface area (Å²) >= 11 is 0. The molecule has 2 saturated heterocycles. The van der Waals surface area contributed by atoms with Gasteiger partial charge in [0.2, 0.25) is 6.35 Å². The van der Waals surface area contributed by atoms with Gasteiger partial charge in [0.15, 0.2) is 0 Å². The lowest BCUT2D eigenvalue weighted by Gasteiger charge is -2.29. The van der Waals surface area contributed by atoms with Crippen molar-refractivity contribution < 1.29 is 4.74 Å². The summed E-state index contributed by atoms with van der Waals surface area (Å²) in [7, 11) is 0. The van der Waals surface area contributed by atoms with Crippen molar-refractivity contribution in [2.75, 3.05) is 26.2 Å². The van der Waals surface area contributed by atoms with E-state index in [-0.39, 0.29) is 0 Å². The number of ether oxygens (including phenoxy) is 1. The summed E-state index contributed by atoms with van der Waals surface area (Å²) < 4.78 is 5.42.